The van der Waals surface area contributed by atoms with Gasteiger partial charge < -0.3 is 5.32 Å². The number of benzene rings is 1. The molecule has 154 valence electrons. The fourth-order valence-corrected chi connectivity index (χ4v) is 4.10. The molecule has 0 bridgehead atoms. The lowest BCUT2D eigenvalue weighted by atomic mass is 10.2. The predicted molar refractivity (Wildman–Crippen MR) is 118 cm³/mol. The second kappa shape index (κ2) is 9.00. The molecule has 0 saturated carbocycles. The van der Waals surface area contributed by atoms with Crippen LogP contribution in [0.5, 0.6) is 0 Å². The molecule has 0 spiro atoms. The first-order chi connectivity index (χ1) is 13.9. The summed E-state index contributed by atoms with van der Waals surface area (Å²) in [5.74, 6) is -0.0482. The third kappa shape index (κ3) is 4.33. The lowest BCUT2D eigenvalue weighted by Gasteiger charge is -2.12. The lowest BCUT2D eigenvalue weighted by Crippen LogP contribution is -2.25. The topological polar surface area (TPSA) is 81.8 Å². The summed E-state index contributed by atoms with van der Waals surface area (Å²) in [5.41, 5.74) is 3.20. The second-order valence-corrected chi connectivity index (χ2v) is 8.05. The number of rotatable bonds is 7. The molecular formula is C20H24ClN5O2S. The molecule has 2 heterocycles. The van der Waals surface area contributed by atoms with Gasteiger partial charge in [-0.2, -0.15) is 5.10 Å². The highest BCUT2D eigenvalue weighted by Gasteiger charge is 2.18. The number of aromatic nitrogens is 4. The molecule has 0 radical (unpaired) electrons. The summed E-state index contributed by atoms with van der Waals surface area (Å²) >= 11 is 7.36. The van der Waals surface area contributed by atoms with E-state index in [9.17, 15) is 9.59 Å². The van der Waals surface area contributed by atoms with Gasteiger partial charge in [-0.05, 0) is 44.9 Å². The van der Waals surface area contributed by atoms with Crippen LogP contribution in [-0.2, 0) is 17.9 Å². The third-order valence-corrected chi connectivity index (χ3v) is 5.99. The Morgan fingerprint density at radius 1 is 1.28 bits per heavy atom. The quantitative estimate of drug-likeness (QED) is 0.449. The van der Waals surface area contributed by atoms with Crippen molar-refractivity contribution in [3.63, 3.8) is 0 Å². The molecule has 0 saturated heterocycles. The molecular weight excluding hydrogens is 410 g/mol. The van der Waals surface area contributed by atoms with Crippen LogP contribution in [-0.4, -0.2) is 31.0 Å². The van der Waals surface area contributed by atoms with Gasteiger partial charge in [-0.15, -0.1) is 0 Å². The Bertz CT molecular complexity index is 1120. The number of nitrogens with zero attached hydrogens (tertiary/aromatic N) is 4. The standard InChI is InChI=1S/C20H24ClN5O2S/c1-5-10-25-19(28)18-17(13(4)24-26(18)6-2)23-20(25)29-11-16(27)22-15-9-7-8-14(21)12(15)3/h7-9H,5-6,10-11H2,1-4H3,(H,22,27). The molecule has 0 fully saturated rings. The van der Waals surface area contributed by atoms with Crippen molar-refractivity contribution in [1.82, 2.24) is 19.3 Å². The first kappa shape index (κ1) is 21.4. The van der Waals surface area contributed by atoms with E-state index in [4.69, 9.17) is 11.6 Å². The maximum Gasteiger partial charge on any atom is 0.280 e. The molecule has 0 unspecified atom stereocenters. The van der Waals surface area contributed by atoms with Crippen molar-refractivity contribution in [3.8, 4) is 0 Å². The minimum Gasteiger partial charge on any atom is -0.325 e. The Kier molecular flexibility index (Phi) is 6.64. The highest BCUT2D eigenvalue weighted by Crippen LogP contribution is 2.24. The summed E-state index contributed by atoms with van der Waals surface area (Å²) in [6.45, 7) is 8.78. The van der Waals surface area contributed by atoms with E-state index >= 15 is 0 Å². The second-order valence-electron chi connectivity index (χ2n) is 6.70. The fourth-order valence-electron chi connectivity index (χ4n) is 3.11. The Labute approximate surface area is 178 Å². The van der Waals surface area contributed by atoms with Crippen LogP contribution in [0, 0.1) is 13.8 Å². The van der Waals surface area contributed by atoms with Crippen molar-refractivity contribution >= 4 is 46.0 Å². The van der Waals surface area contributed by atoms with Crippen LogP contribution in [0.1, 0.15) is 31.5 Å². The normalized spacial score (nSPS) is 11.2. The third-order valence-electron chi connectivity index (χ3n) is 4.60. The van der Waals surface area contributed by atoms with Crippen LogP contribution < -0.4 is 10.9 Å². The molecule has 0 aliphatic heterocycles. The molecule has 0 atom stereocenters. The largest absolute Gasteiger partial charge is 0.325 e. The Morgan fingerprint density at radius 2 is 2.03 bits per heavy atom. The maximum atomic E-state index is 13.1. The Hall–Kier alpha value is -2.32. The molecule has 1 aromatic carbocycles. The molecule has 0 aliphatic carbocycles. The van der Waals surface area contributed by atoms with Crippen molar-refractivity contribution in [2.75, 3.05) is 11.1 Å². The molecule has 0 aliphatic rings. The van der Waals surface area contributed by atoms with Gasteiger partial charge in [0, 0.05) is 23.8 Å². The van der Waals surface area contributed by atoms with Gasteiger partial charge in [-0.1, -0.05) is 36.4 Å². The summed E-state index contributed by atoms with van der Waals surface area (Å²) in [6.07, 6.45) is 0.786. The van der Waals surface area contributed by atoms with E-state index in [1.165, 1.54) is 11.8 Å². The smallest absolute Gasteiger partial charge is 0.280 e. The molecule has 3 aromatic rings. The van der Waals surface area contributed by atoms with E-state index in [-0.39, 0.29) is 17.2 Å². The van der Waals surface area contributed by atoms with Crippen molar-refractivity contribution in [1.29, 1.82) is 0 Å². The zero-order valence-corrected chi connectivity index (χ0v) is 18.5. The summed E-state index contributed by atoms with van der Waals surface area (Å²) in [7, 11) is 0. The molecule has 1 amide bonds. The SMILES string of the molecule is CCCn1c(SCC(=O)Nc2cccc(Cl)c2C)nc2c(C)nn(CC)c2c1=O. The summed E-state index contributed by atoms with van der Waals surface area (Å²) in [4.78, 5) is 30.2. The predicted octanol–water partition coefficient (Wildman–Crippen LogP) is 4.02. The number of amides is 1. The van der Waals surface area contributed by atoms with Crippen LogP contribution in [0.25, 0.3) is 11.0 Å². The van der Waals surface area contributed by atoms with E-state index in [1.807, 2.05) is 33.8 Å². The van der Waals surface area contributed by atoms with Gasteiger partial charge in [0.1, 0.15) is 5.52 Å². The number of anilines is 1. The van der Waals surface area contributed by atoms with E-state index in [2.05, 4.69) is 15.4 Å². The first-order valence-corrected chi connectivity index (χ1v) is 10.9. The average Bonchev–Trinajstić information content (AvgIpc) is 3.02. The summed E-state index contributed by atoms with van der Waals surface area (Å²) < 4.78 is 3.33. The zero-order valence-electron chi connectivity index (χ0n) is 17.0. The molecule has 9 heteroatoms. The minimum atomic E-state index is -0.182. The lowest BCUT2D eigenvalue weighted by molar-refractivity contribution is -0.113. The highest BCUT2D eigenvalue weighted by atomic mass is 35.5. The monoisotopic (exact) mass is 433 g/mol. The van der Waals surface area contributed by atoms with Crippen LogP contribution >= 0.6 is 23.4 Å². The van der Waals surface area contributed by atoms with Crippen LogP contribution in [0.15, 0.2) is 28.2 Å². The van der Waals surface area contributed by atoms with Crippen LogP contribution in [0.4, 0.5) is 5.69 Å². The van der Waals surface area contributed by atoms with Gasteiger partial charge >= 0.3 is 0 Å². The van der Waals surface area contributed by atoms with Crippen LogP contribution in [0.2, 0.25) is 5.02 Å². The van der Waals surface area contributed by atoms with E-state index < -0.39 is 0 Å². The molecule has 29 heavy (non-hydrogen) atoms. The van der Waals surface area contributed by atoms with Gasteiger partial charge in [0.25, 0.3) is 5.56 Å². The van der Waals surface area contributed by atoms with Crippen molar-refractivity contribution in [3.05, 3.63) is 44.8 Å². The molecule has 1 N–H and O–H groups in total. The molecule has 3 rings (SSSR count). The summed E-state index contributed by atoms with van der Waals surface area (Å²) in [6, 6.07) is 5.38. The number of thioether (sulfide) groups is 1. The maximum absolute atomic E-state index is 13.1. The van der Waals surface area contributed by atoms with Gasteiger partial charge in [0.05, 0.1) is 11.4 Å². The number of hydrogen-bond acceptors (Lipinski definition) is 5. The zero-order chi connectivity index (χ0) is 21.1. The van der Waals surface area contributed by atoms with Gasteiger partial charge in [-0.3, -0.25) is 18.8 Å². The number of carbonyl (C=O) groups is 1. The van der Waals surface area contributed by atoms with Crippen molar-refractivity contribution in [2.24, 2.45) is 0 Å². The molecule has 7 nitrogen and oxygen atoms in total. The van der Waals surface area contributed by atoms with Crippen molar-refractivity contribution < 1.29 is 4.79 Å². The highest BCUT2D eigenvalue weighted by molar-refractivity contribution is 7.99. The average molecular weight is 434 g/mol. The number of fused-ring (bicyclic) bond motifs is 1. The first-order valence-electron chi connectivity index (χ1n) is 9.53. The molecule has 2 aromatic heterocycles. The van der Waals surface area contributed by atoms with E-state index in [1.54, 1.807) is 21.4 Å². The minimum absolute atomic E-state index is 0.118. The van der Waals surface area contributed by atoms with E-state index in [0.717, 1.165) is 12.0 Å². The Morgan fingerprint density at radius 3 is 2.72 bits per heavy atom. The van der Waals surface area contributed by atoms with Gasteiger partial charge in [0.15, 0.2) is 10.7 Å². The van der Waals surface area contributed by atoms with Gasteiger partial charge in [0.2, 0.25) is 5.91 Å². The number of aryl methyl sites for hydroxylation is 2. The van der Waals surface area contributed by atoms with Crippen LogP contribution in [0.3, 0.4) is 0 Å². The number of nitrogens with one attached hydrogen (secondary N) is 1. The number of hydrogen-bond donors (Lipinski definition) is 1. The van der Waals surface area contributed by atoms with Gasteiger partial charge in [-0.25, -0.2) is 4.98 Å². The van der Waals surface area contributed by atoms with Crippen molar-refractivity contribution in [2.45, 2.75) is 52.4 Å². The summed E-state index contributed by atoms with van der Waals surface area (Å²) in [5, 5.41) is 8.42. The number of halogens is 1. The fraction of sp³-hybridized carbons (Fsp3) is 0.400. The number of carbonyl (C=O) groups excluding carboxylic acids is 1. The Balaban J connectivity index is 1.88. The van der Waals surface area contributed by atoms with E-state index in [0.29, 0.717) is 45.7 Å².